The normalized spacial score (nSPS) is 15.3. The maximum Gasteiger partial charge on any atom is 0.329 e. The van der Waals surface area contributed by atoms with E-state index in [1.807, 2.05) is 56.9 Å². The van der Waals surface area contributed by atoms with Crippen LogP contribution in [0.1, 0.15) is 71.8 Å². The number of amides is 4. The Morgan fingerprint density at radius 2 is 1.63 bits per heavy atom. The van der Waals surface area contributed by atoms with E-state index in [0.717, 1.165) is 42.0 Å². The summed E-state index contributed by atoms with van der Waals surface area (Å²) < 4.78 is 11.9. The molecule has 0 aliphatic heterocycles. The minimum Gasteiger partial charge on any atom is -0.351 e. The lowest BCUT2D eigenvalue weighted by Gasteiger charge is -2.38. The molecule has 0 bridgehead atoms. The second kappa shape index (κ2) is 17.8. The second-order valence-electron chi connectivity index (χ2n) is 11.3. The second-order valence-corrected chi connectivity index (χ2v) is 11.3. The van der Waals surface area contributed by atoms with Crippen LogP contribution in [0.4, 0.5) is 4.79 Å². The van der Waals surface area contributed by atoms with Crippen molar-refractivity contribution in [2.75, 3.05) is 33.4 Å². The van der Waals surface area contributed by atoms with E-state index in [1.54, 1.807) is 7.05 Å². The predicted molar refractivity (Wildman–Crippen MR) is 169 cm³/mol. The number of hydrazine groups is 1. The molecule has 4 amide bonds. The van der Waals surface area contributed by atoms with E-state index in [4.69, 9.17) is 9.47 Å². The van der Waals surface area contributed by atoms with Gasteiger partial charge in [0, 0.05) is 33.4 Å². The monoisotopic (exact) mass is 597 g/mol. The molecule has 0 unspecified atom stereocenters. The minimum absolute atomic E-state index is 0.0923. The summed E-state index contributed by atoms with van der Waals surface area (Å²) in [6.07, 6.45) is 5.48. The van der Waals surface area contributed by atoms with Gasteiger partial charge in [0.2, 0.25) is 11.8 Å². The third-order valence-electron chi connectivity index (χ3n) is 7.99. The predicted octanol–water partition coefficient (Wildman–Crippen LogP) is 4.58. The molecule has 2 aromatic rings. The van der Waals surface area contributed by atoms with E-state index in [9.17, 15) is 14.4 Å². The Bertz CT molecular complexity index is 1160. The van der Waals surface area contributed by atoms with Crippen LogP contribution in [0.3, 0.4) is 0 Å². The van der Waals surface area contributed by atoms with Crippen molar-refractivity contribution in [1.29, 1.82) is 0 Å². The first-order valence-electron chi connectivity index (χ1n) is 15.8. The number of rotatable bonds is 16. The fourth-order valence-corrected chi connectivity index (χ4v) is 5.88. The number of likely N-dealkylation sites (N-methyl/N-ethyl adjacent to an activating group) is 1. The maximum atomic E-state index is 14.6. The Kier molecular flexibility index (Phi) is 14.2. The first-order chi connectivity index (χ1) is 20.8. The highest BCUT2D eigenvalue weighted by Gasteiger charge is 2.35. The van der Waals surface area contributed by atoms with Crippen LogP contribution in [0.15, 0.2) is 42.5 Å². The summed E-state index contributed by atoms with van der Waals surface area (Å²) in [4.78, 5) is 41.6. The smallest absolute Gasteiger partial charge is 0.329 e. The quantitative estimate of drug-likeness (QED) is 0.193. The molecule has 3 rings (SSSR count). The number of nitrogens with one attached hydrogen (secondary N) is 3. The van der Waals surface area contributed by atoms with E-state index >= 15 is 0 Å². The molecule has 0 saturated heterocycles. The van der Waals surface area contributed by atoms with Crippen molar-refractivity contribution in [3.8, 4) is 0 Å². The molecule has 0 spiro atoms. The van der Waals surface area contributed by atoms with Crippen molar-refractivity contribution in [1.82, 2.24) is 26.0 Å². The van der Waals surface area contributed by atoms with Crippen LogP contribution < -0.4 is 16.1 Å². The molecule has 10 heteroatoms. The third-order valence-corrected chi connectivity index (χ3v) is 7.99. The third kappa shape index (κ3) is 10.5. The lowest BCUT2D eigenvalue weighted by molar-refractivity contribution is -0.180. The Labute approximate surface area is 256 Å². The van der Waals surface area contributed by atoms with Gasteiger partial charge in [-0.1, -0.05) is 74.6 Å². The molecule has 1 fully saturated rings. The number of nitrogens with zero attached hydrogens (tertiary/aromatic N) is 2. The number of hydrogen-bond donors (Lipinski definition) is 3. The Morgan fingerprint density at radius 3 is 2.30 bits per heavy atom. The molecule has 1 aliphatic rings. The van der Waals surface area contributed by atoms with Gasteiger partial charge in [-0.3, -0.25) is 15.0 Å². The summed E-state index contributed by atoms with van der Waals surface area (Å²) in [6, 6.07) is 12.7. The van der Waals surface area contributed by atoms with E-state index in [-0.39, 0.29) is 24.4 Å². The lowest BCUT2D eigenvalue weighted by atomic mass is 9.84. The lowest BCUT2D eigenvalue weighted by Crippen LogP contribution is -2.56. The summed E-state index contributed by atoms with van der Waals surface area (Å²) >= 11 is 0. The highest BCUT2D eigenvalue weighted by molar-refractivity contribution is 5.90. The fourth-order valence-electron chi connectivity index (χ4n) is 5.88. The number of carbonyl (C=O) groups excluding carboxylic acids is 3. The van der Waals surface area contributed by atoms with Crippen LogP contribution in [0, 0.1) is 5.92 Å². The molecule has 1 aliphatic carbocycles. The van der Waals surface area contributed by atoms with Crippen molar-refractivity contribution in [3.63, 3.8) is 0 Å². The number of hydrogen-bond acceptors (Lipinski definition) is 6. The topological polar surface area (TPSA) is 112 Å². The van der Waals surface area contributed by atoms with Gasteiger partial charge in [0.25, 0.3) is 0 Å². The van der Waals surface area contributed by atoms with Crippen molar-refractivity contribution in [3.05, 3.63) is 48.0 Å². The van der Waals surface area contributed by atoms with Gasteiger partial charge in [0.15, 0.2) is 6.29 Å². The van der Waals surface area contributed by atoms with Crippen LogP contribution in [0.2, 0.25) is 0 Å². The van der Waals surface area contributed by atoms with Gasteiger partial charge in [-0.05, 0) is 56.4 Å². The maximum absolute atomic E-state index is 14.6. The molecule has 3 N–H and O–H groups in total. The molecule has 1 saturated carbocycles. The Balaban J connectivity index is 1.92. The molecule has 238 valence electrons. The fraction of sp³-hybridized carbons (Fsp3) is 0.606. The average molecular weight is 598 g/mol. The zero-order chi connectivity index (χ0) is 31.2. The van der Waals surface area contributed by atoms with Gasteiger partial charge < -0.3 is 25.0 Å². The Morgan fingerprint density at radius 1 is 0.953 bits per heavy atom. The van der Waals surface area contributed by atoms with E-state index in [1.165, 1.54) is 11.4 Å². The van der Waals surface area contributed by atoms with Crippen LogP contribution in [-0.2, 0) is 25.6 Å². The summed E-state index contributed by atoms with van der Waals surface area (Å²) in [5.41, 5.74) is 3.64. The SMILES string of the molecule is CCNC(=O)NN(C)CC(=O)N[C@@H](CC1CCCCC1)C(=O)N(Cc1cccc2ccccc12)[C@@H](C)C(OCC)OCC. The summed E-state index contributed by atoms with van der Waals surface area (Å²) in [5, 5.41) is 9.27. The molecule has 0 radical (unpaired) electrons. The number of fused-ring (bicyclic) bond motifs is 1. The standard InChI is InChI=1S/C33H51N5O5/c1-6-34-33(41)36-37(5)23-30(39)35-29(21-25-15-10-9-11-16-25)31(40)38(24(4)32(42-7-2)43-8-3)22-27-19-14-18-26-17-12-13-20-28(26)27/h12-14,17-20,24-25,29,32H,6-11,15-16,21-23H2,1-5H3,(H,35,39)(H2,34,36,41)/t24-,29-/m0/s1. The van der Waals surface area contributed by atoms with Gasteiger partial charge in [0.05, 0.1) is 12.6 Å². The zero-order valence-corrected chi connectivity index (χ0v) is 26.6. The summed E-state index contributed by atoms with van der Waals surface area (Å²) in [5.74, 6) is -0.154. The van der Waals surface area contributed by atoms with Crippen molar-refractivity contribution >= 4 is 28.6 Å². The molecule has 2 aromatic carbocycles. The van der Waals surface area contributed by atoms with Crippen molar-refractivity contribution in [2.24, 2.45) is 5.92 Å². The molecule has 0 aromatic heterocycles. The van der Waals surface area contributed by atoms with Gasteiger partial charge >= 0.3 is 6.03 Å². The van der Waals surface area contributed by atoms with Gasteiger partial charge in [0.1, 0.15) is 6.04 Å². The first kappa shape index (κ1) is 34.3. The molecular formula is C33H51N5O5. The zero-order valence-electron chi connectivity index (χ0n) is 26.6. The molecule has 2 atom stereocenters. The molecule has 10 nitrogen and oxygen atoms in total. The first-order valence-corrected chi connectivity index (χ1v) is 15.8. The van der Waals surface area contributed by atoms with Crippen LogP contribution in [0.5, 0.6) is 0 Å². The van der Waals surface area contributed by atoms with Crippen LogP contribution in [-0.4, -0.2) is 79.5 Å². The number of carbonyl (C=O) groups is 3. The van der Waals surface area contributed by atoms with Crippen LogP contribution in [0.25, 0.3) is 10.8 Å². The van der Waals surface area contributed by atoms with Gasteiger partial charge in [-0.15, -0.1) is 0 Å². The molecule has 0 heterocycles. The molecule has 43 heavy (non-hydrogen) atoms. The Hall–Kier alpha value is -3.21. The highest BCUT2D eigenvalue weighted by Crippen LogP contribution is 2.29. The summed E-state index contributed by atoms with van der Waals surface area (Å²) in [7, 11) is 1.62. The van der Waals surface area contributed by atoms with Crippen molar-refractivity contribution in [2.45, 2.75) is 91.1 Å². The molecular weight excluding hydrogens is 546 g/mol. The van der Waals surface area contributed by atoms with E-state index in [2.05, 4.69) is 34.3 Å². The van der Waals surface area contributed by atoms with Crippen molar-refractivity contribution < 1.29 is 23.9 Å². The number of urea groups is 1. The van der Waals surface area contributed by atoms with E-state index < -0.39 is 18.4 Å². The highest BCUT2D eigenvalue weighted by atomic mass is 16.7. The summed E-state index contributed by atoms with van der Waals surface area (Å²) in [6.45, 7) is 9.19. The number of benzene rings is 2. The number of ether oxygens (including phenoxy) is 2. The van der Waals surface area contributed by atoms with E-state index in [0.29, 0.717) is 38.6 Å². The average Bonchev–Trinajstić information content (AvgIpc) is 2.99. The van der Waals surface area contributed by atoms with Gasteiger partial charge in [-0.25, -0.2) is 9.80 Å². The minimum atomic E-state index is -0.727. The van der Waals surface area contributed by atoms with Gasteiger partial charge in [-0.2, -0.15) is 0 Å². The van der Waals surface area contributed by atoms with Crippen LogP contribution >= 0.6 is 0 Å². The largest absolute Gasteiger partial charge is 0.351 e.